The van der Waals surface area contributed by atoms with Gasteiger partial charge in [0.2, 0.25) is 5.91 Å². The molecule has 2 aromatic rings. The maximum atomic E-state index is 12.5. The smallest absolute Gasteiger partial charge is 0.332 e. The Bertz CT molecular complexity index is 853. The molecular formula is C15H25ClN6O3. The van der Waals surface area contributed by atoms with E-state index in [1.165, 1.54) is 22.5 Å². The first-order valence-electron chi connectivity index (χ1n) is 8.01. The zero-order valence-electron chi connectivity index (χ0n) is 14.7. The van der Waals surface area contributed by atoms with Crippen molar-refractivity contribution in [2.45, 2.75) is 38.8 Å². The Labute approximate surface area is 151 Å². The van der Waals surface area contributed by atoms with E-state index in [-0.39, 0.29) is 30.5 Å². The second-order valence-corrected chi connectivity index (χ2v) is 5.90. The number of imidazole rings is 1. The number of aryl methyl sites for hydroxylation is 2. The summed E-state index contributed by atoms with van der Waals surface area (Å²) in [5, 5.41) is 2.79. The molecule has 1 atom stereocenters. The number of rotatable bonds is 7. The molecule has 0 aromatic carbocycles. The van der Waals surface area contributed by atoms with Gasteiger partial charge in [0.05, 0.1) is 6.33 Å². The highest BCUT2D eigenvalue weighted by atomic mass is 35.5. The van der Waals surface area contributed by atoms with Crippen molar-refractivity contribution >= 4 is 29.5 Å². The van der Waals surface area contributed by atoms with Gasteiger partial charge in [0, 0.05) is 26.7 Å². The number of hydrogen-bond donors (Lipinski definition) is 2. The number of fused-ring (bicyclic) bond motifs is 1. The summed E-state index contributed by atoms with van der Waals surface area (Å²) in [6, 6.07) is -0.155. The predicted molar refractivity (Wildman–Crippen MR) is 98.0 cm³/mol. The fourth-order valence-electron chi connectivity index (χ4n) is 2.65. The van der Waals surface area contributed by atoms with Crippen molar-refractivity contribution in [3.8, 4) is 0 Å². The number of nitrogens with one attached hydrogen (secondary N) is 1. The number of nitrogens with two attached hydrogens (primary N) is 1. The first-order chi connectivity index (χ1) is 11.4. The highest BCUT2D eigenvalue weighted by Crippen LogP contribution is 2.03. The molecule has 2 aromatic heterocycles. The third kappa shape index (κ3) is 4.29. The summed E-state index contributed by atoms with van der Waals surface area (Å²) in [5.41, 5.74) is 5.14. The largest absolute Gasteiger partial charge is 0.351 e. The summed E-state index contributed by atoms with van der Waals surface area (Å²) in [5.74, 6) is -0.401. The number of halogens is 1. The van der Waals surface area contributed by atoms with Gasteiger partial charge in [-0.25, -0.2) is 14.3 Å². The second kappa shape index (κ2) is 8.82. The van der Waals surface area contributed by atoms with Crippen LogP contribution in [0.4, 0.5) is 0 Å². The first kappa shape index (κ1) is 20.9. The Balaban J connectivity index is 0.00000312. The monoisotopic (exact) mass is 372 g/mol. The average molecular weight is 373 g/mol. The van der Waals surface area contributed by atoms with Gasteiger partial charge < -0.3 is 15.6 Å². The van der Waals surface area contributed by atoms with Crippen LogP contribution < -0.4 is 22.3 Å². The summed E-state index contributed by atoms with van der Waals surface area (Å²) in [7, 11) is 3.19. The Hall–Kier alpha value is -2.13. The molecule has 0 spiro atoms. The van der Waals surface area contributed by atoms with Crippen LogP contribution in [0.2, 0.25) is 0 Å². The molecule has 0 aliphatic rings. The Morgan fingerprint density at radius 2 is 2.04 bits per heavy atom. The minimum atomic E-state index is -0.570. The van der Waals surface area contributed by atoms with Crippen LogP contribution in [0.25, 0.3) is 11.2 Å². The highest BCUT2D eigenvalue weighted by Gasteiger charge is 2.18. The highest BCUT2D eigenvalue weighted by molar-refractivity contribution is 5.85. The number of hydrogen-bond acceptors (Lipinski definition) is 5. The third-order valence-corrected chi connectivity index (χ3v) is 4.06. The van der Waals surface area contributed by atoms with E-state index in [1.807, 2.05) is 0 Å². The van der Waals surface area contributed by atoms with Crippen LogP contribution in [-0.4, -0.2) is 37.2 Å². The summed E-state index contributed by atoms with van der Waals surface area (Å²) in [6.45, 7) is 2.04. The number of nitrogens with zero attached hydrogens (tertiary/aromatic N) is 4. The van der Waals surface area contributed by atoms with Gasteiger partial charge in [-0.05, 0) is 6.42 Å². The van der Waals surface area contributed by atoms with E-state index in [0.29, 0.717) is 12.2 Å². The predicted octanol–water partition coefficient (Wildman–Crippen LogP) is -0.511. The molecule has 25 heavy (non-hydrogen) atoms. The molecule has 0 bridgehead atoms. The molecule has 0 radical (unpaired) electrons. The van der Waals surface area contributed by atoms with Crippen LogP contribution in [0.15, 0.2) is 15.9 Å². The molecule has 1 unspecified atom stereocenters. The molecule has 0 aliphatic heterocycles. The lowest BCUT2D eigenvalue weighted by molar-refractivity contribution is -0.122. The molecule has 140 valence electrons. The van der Waals surface area contributed by atoms with Gasteiger partial charge in [-0.3, -0.25) is 14.2 Å². The first-order valence-corrected chi connectivity index (χ1v) is 8.01. The zero-order chi connectivity index (χ0) is 17.9. The molecule has 0 saturated carbocycles. The van der Waals surface area contributed by atoms with Crippen LogP contribution in [0, 0.1) is 0 Å². The number of aromatic nitrogens is 4. The van der Waals surface area contributed by atoms with Gasteiger partial charge in [0.25, 0.3) is 5.56 Å². The maximum Gasteiger partial charge on any atom is 0.332 e. The van der Waals surface area contributed by atoms with E-state index >= 15 is 0 Å². The molecule has 1 amide bonds. The van der Waals surface area contributed by atoms with Crippen molar-refractivity contribution in [1.29, 1.82) is 0 Å². The SMILES string of the molecule is CCCCC(CN)NC(=O)Cn1c(=O)c2c(ncn2C)n(C)c1=O.Cl. The molecule has 0 aliphatic carbocycles. The molecule has 2 heterocycles. The van der Waals surface area contributed by atoms with Crippen molar-refractivity contribution in [2.24, 2.45) is 19.8 Å². The number of amides is 1. The van der Waals surface area contributed by atoms with E-state index in [2.05, 4.69) is 17.2 Å². The van der Waals surface area contributed by atoms with Gasteiger partial charge in [-0.1, -0.05) is 19.8 Å². The lowest BCUT2D eigenvalue weighted by atomic mass is 10.1. The minimum absolute atomic E-state index is 0. The minimum Gasteiger partial charge on any atom is -0.351 e. The van der Waals surface area contributed by atoms with Gasteiger partial charge in [-0.2, -0.15) is 0 Å². The van der Waals surface area contributed by atoms with E-state index in [9.17, 15) is 14.4 Å². The van der Waals surface area contributed by atoms with Crippen LogP contribution in [-0.2, 0) is 25.4 Å². The molecule has 3 N–H and O–H groups in total. The van der Waals surface area contributed by atoms with E-state index in [1.54, 1.807) is 7.05 Å². The van der Waals surface area contributed by atoms with Crippen LogP contribution >= 0.6 is 12.4 Å². The summed E-state index contributed by atoms with van der Waals surface area (Å²) in [4.78, 5) is 41.2. The van der Waals surface area contributed by atoms with Gasteiger partial charge in [0.1, 0.15) is 6.54 Å². The van der Waals surface area contributed by atoms with Crippen molar-refractivity contribution < 1.29 is 4.79 Å². The number of carbonyl (C=O) groups is 1. The lowest BCUT2D eigenvalue weighted by Gasteiger charge is -2.17. The topological polar surface area (TPSA) is 117 Å². The third-order valence-electron chi connectivity index (χ3n) is 4.06. The van der Waals surface area contributed by atoms with Gasteiger partial charge in [-0.15, -0.1) is 12.4 Å². The van der Waals surface area contributed by atoms with Gasteiger partial charge in [0.15, 0.2) is 11.2 Å². The standard InChI is InChI=1S/C15H24N6O3.ClH/c1-4-5-6-10(7-16)18-11(22)8-21-14(23)12-13(17-9-19(12)2)20(3)15(21)24;/h9-10H,4-8,16H2,1-3H3,(H,18,22);1H. The van der Waals surface area contributed by atoms with Crippen molar-refractivity contribution in [1.82, 2.24) is 24.0 Å². The summed E-state index contributed by atoms with van der Waals surface area (Å²) >= 11 is 0. The lowest BCUT2D eigenvalue weighted by Crippen LogP contribution is -2.47. The average Bonchev–Trinajstić information content (AvgIpc) is 2.95. The molecule has 2 rings (SSSR count). The summed E-state index contributed by atoms with van der Waals surface area (Å²) < 4.78 is 3.73. The molecular weight excluding hydrogens is 348 g/mol. The quantitative estimate of drug-likeness (QED) is 0.678. The molecule has 10 heteroatoms. The van der Waals surface area contributed by atoms with Crippen LogP contribution in [0.5, 0.6) is 0 Å². The van der Waals surface area contributed by atoms with E-state index in [0.717, 1.165) is 23.8 Å². The Morgan fingerprint density at radius 1 is 1.36 bits per heavy atom. The van der Waals surface area contributed by atoms with Gasteiger partial charge >= 0.3 is 5.69 Å². The van der Waals surface area contributed by atoms with Crippen LogP contribution in [0.1, 0.15) is 26.2 Å². The Morgan fingerprint density at radius 3 is 2.64 bits per heavy atom. The zero-order valence-corrected chi connectivity index (χ0v) is 15.5. The molecule has 9 nitrogen and oxygen atoms in total. The normalized spacial score (nSPS) is 12.0. The van der Waals surface area contributed by atoms with Crippen molar-refractivity contribution in [2.75, 3.05) is 6.54 Å². The number of unbranched alkanes of at least 4 members (excludes halogenated alkanes) is 1. The number of carbonyl (C=O) groups excluding carboxylic acids is 1. The Kier molecular flexibility index (Phi) is 7.38. The fraction of sp³-hybridized carbons (Fsp3) is 0.600. The molecule has 0 fully saturated rings. The van der Waals surface area contributed by atoms with E-state index in [4.69, 9.17) is 5.73 Å². The molecule has 0 saturated heterocycles. The summed E-state index contributed by atoms with van der Waals surface area (Å²) in [6.07, 6.45) is 4.19. The van der Waals surface area contributed by atoms with E-state index < -0.39 is 17.2 Å². The van der Waals surface area contributed by atoms with Crippen LogP contribution in [0.3, 0.4) is 0 Å². The second-order valence-electron chi connectivity index (χ2n) is 5.90. The van der Waals surface area contributed by atoms with Crippen molar-refractivity contribution in [3.05, 3.63) is 27.2 Å². The maximum absolute atomic E-state index is 12.5. The fourth-order valence-corrected chi connectivity index (χ4v) is 2.65. The van der Waals surface area contributed by atoms with Crippen molar-refractivity contribution in [3.63, 3.8) is 0 Å².